The number of nitrogens with zero attached hydrogens (tertiary/aromatic N) is 1. The van der Waals surface area contributed by atoms with Gasteiger partial charge in [-0.15, -0.1) is 0 Å². The molecule has 0 spiro atoms. The minimum atomic E-state index is -0.551. The molecule has 5 nitrogen and oxygen atoms in total. The van der Waals surface area contributed by atoms with Crippen molar-refractivity contribution >= 4 is 10.9 Å². The van der Waals surface area contributed by atoms with Gasteiger partial charge in [-0.3, -0.25) is 0 Å². The second-order valence-electron chi connectivity index (χ2n) is 6.99. The molecule has 2 aromatic rings. The SMILES string of the molecule is CN(CC(O)COc1cccc2[nH]ccc12)CC1CCCCC1O. The number of likely N-dealkylation sites (N-methyl/N-ethyl adjacent to an activating group) is 1. The molecule has 1 aromatic carbocycles. The highest BCUT2D eigenvalue weighted by Gasteiger charge is 2.24. The normalized spacial score (nSPS) is 22.8. The number of hydrogen-bond acceptors (Lipinski definition) is 4. The predicted octanol–water partition coefficient (Wildman–Crippen LogP) is 2.39. The van der Waals surface area contributed by atoms with E-state index in [1.807, 2.05) is 37.5 Å². The lowest BCUT2D eigenvalue weighted by Gasteiger charge is -2.31. The van der Waals surface area contributed by atoms with E-state index in [-0.39, 0.29) is 12.7 Å². The molecule has 1 aromatic heterocycles. The molecule has 0 bridgehead atoms. The summed E-state index contributed by atoms with van der Waals surface area (Å²) in [5, 5.41) is 21.4. The van der Waals surface area contributed by atoms with Crippen LogP contribution in [0.4, 0.5) is 0 Å². The summed E-state index contributed by atoms with van der Waals surface area (Å²) in [6.07, 6.45) is 5.45. The minimum Gasteiger partial charge on any atom is -0.490 e. The Balaban J connectivity index is 1.46. The topological polar surface area (TPSA) is 68.7 Å². The second kappa shape index (κ2) is 8.01. The standard InChI is InChI=1S/C19H28N2O3/c1-21(11-14-5-2-3-7-18(14)23)12-15(22)13-24-19-8-4-6-17-16(19)9-10-20-17/h4,6,8-10,14-15,18,20,22-23H,2-3,5,7,11-13H2,1H3. The molecule has 1 aliphatic rings. The van der Waals surface area contributed by atoms with Gasteiger partial charge in [-0.25, -0.2) is 0 Å². The Kier molecular flexibility index (Phi) is 5.76. The zero-order valence-corrected chi connectivity index (χ0v) is 14.3. The molecule has 0 aliphatic heterocycles. The summed E-state index contributed by atoms with van der Waals surface area (Å²) in [4.78, 5) is 5.26. The van der Waals surface area contributed by atoms with Crippen LogP contribution in [0, 0.1) is 5.92 Å². The van der Waals surface area contributed by atoms with E-state index in [4.69, 9.17) is 4.74 Å². The van der Waals surface area contributed by atoms with Crippen LogP contribution in [0.3, 0.4) is 0 Å². The molecule has 132 valence electrons. The van der Waals surface area contributed by atoms with Crippen molar-refractivity contribution in [2.75, 3.05) is 26.7 Å². The van der Waals surface area contributed by atoms with E-state index in [1.165, 1.54) is 6.42 Å². The largest absolute Gasteiger partial charge is 0.490 e. The fraction of sp³-hybridized carbons (Fsp3) is 0.579. The van der Waals surface area contributed by atoms with Crippen molar-refractivity contribution in [2.45, 2.75) is 37.9 Å². The Morgan fingerprint density at radius 1 is 1.29 bits per heavy atom. The van der Waals surface area contributed by atoms with Crippen molar-refractivity contribution < 1.29 is 14.9 Å². The lowest BCUT2D eigenvalue weighted by atomic mass is 9.86. The van der Waals surface area contributed by atoms with E-state index in [2.05, 4.69) is 9.88 Å². The molecule has 1 heterocycles. The molecule has 3 rings (SSSR count). The third kappa shape index (κ3) is 4.29. The first kappa shape index (κ1) is 17.3. The quantitative estimate of drug-likeness (QED) is 0.728. The summed E-state index contributed by atoms with van der Waals surface area (Å²) in [5.74, 6) is 1.11. The lowest BCUT2D eigenvalue weighted by Crippen LogP contribution is -2.39. The molecule has 5 heteroatoms. The first-order valence-electron chi connectivity index (χ1n) is 8.87. The Bertz CT molecular complexity index is 642. The molecule has 0 amide bonds. The fourth-order valence-corrected chi connectivity index (χ4v) is 3.66. The van der Waals surface area contributed by atoms with Gasteiger partial charge in [0.05, 0.1) is 6.10 Å². The minimum absolute atomic E-state index is 0.194. The summed E-state index contributed by atoms with van der Waals surface area (Å²) in [5.41, 5.74) is 1.03. The van der Waals surface area contributed by atoms with Crippen molar-refractivity contribution in [2.24, 2.45) is 5.92 Å². The van der Waals surface area contributed by atoms with E-state index < -0.39 is 6.10 Å². The number of nitrogens with one attached hydrogen (secondary N) is 1. The Morgan fingerprint density at radius 3 is 2.96 bits per heavy atom. The van der Waals surface area contributed by atoms with Crippen LogP contribution >= 0.6 is 0 Å². The number of hydrogen-bond donors (Lipinski definition) is 3. The van der Waals surface area contributed by atoms with Gasteiger partial charge in [0, 0.05) is 30.2 Å². The van der Waals surface area contributed by atoms with E-state index >= 15 is 0 Å². The van der Waals surface area contributed by atoms with Crippen LogP contribution in [0.5, 0.6) is 5.75 Å². The molecule has 3 unspecified atom stereocenters. The number of fused-ring (bicyclic) bond motifs is 1. The van der Waals surface area contributed by atoms with Crippen LogP contribution in [0.25, 0.3) is 10.9 Å². The van der Waals surface area contributed by atoms with E-state index in [0.717, 1.165) is 42.5 Å². The van der Waals surface area contributed by atoms with Gasteiger partial charge in [0.25, 0.3) is 0 Å². The fourth-order valence-electron chi connectivity index (χ4n) is 3.66. The molecule has 1 fully saturated rings. The van der Waals surface area contributed by atoms with Crippen molar-refractivity contribution in [3.8, 4) is 5.75 Å². The van der Waals surface area contributed by atoms with Gasteiger partial charge in [-0.05, 0) is 44.0 Å². The molecular formula is C19H28N2O3. The number of aliphatic hydroxyl groups excluding tert-OH is 2. The maximum atomic E-state index is 10.3. The number of rotatable bonds is 7. The number of ether oxygens (including phenoxy) is 1. The van der Waals surface area contributed by atoms with E-state index in [1.54, 1.807) is 0 Å². The van der Waals surface area contributed by atoms with Crippen molar-refractivity contribution in [3.63, 3.8) is 0 Å². The van der Waals surface area contributed by atoms with Gasteiger partial charge < -0.3 is 24.8 Å². The van der Waals surface area contributed by atoms with Crippen LogP contribution in [-0.2, 0) is 0 Å². The molecule has 1 saturated carbocycles. The third-order valence-corrected chi connectivity index (χ3v) is 4.92. The molecule has 0 saturated heterocycles. The Labute approximate surface area is 143 Å². The smallest absolute Gasteiger partial charge is 0.128 e. The summed E-state index contributed by atoms with van der Waals surface area (Å²) < 4.78 is 5.81. The van der Waals surface area contributed by atoms with Crippen molar-refractivity contribution in [1.82, 2.24) is 9.88 Å². The highest BCUT2D eigenvalue weighted by molar-refractivity contribution is 5.85. The summed E-state index contributed by atoms with van der Waals surface area (Å²) >= 11 is 0. The number of aliphatic hydroxyl groups is 2. The molecule has 0 radical (unpaired) electrons. The van der Waals surface area contributed by atoms with Gasteiger partial charge in [-0.2, -0.15) is 0 Å². The predicted molar refractivity (Wildman–Crippen MR) is 95.3 cm³/mol. The highest BCUT2D eigenvalue weighted by Crippen LogP contribution is 2.26. The maximum Gasteiger partial charge on any atom is 0.128 e. The Morgan fingerprint density at radius 2 is 2.12 bits per heavy atom. The number of H-pyrrole nitrogens is 1. The Hall–Kier alpha value is -1.56. The van der Waals surface area contributed by atoms with Crippen LogP contribution in [0.15, 0.2) is 30.5 Å². The average molecular weight is 332 g/mol. The van der Waals surface area contributed by atoms with Crippen LogP contribution in [0.1, 0.15) is 25.7 Å². The lowest BCUT2D eigenvalue weighted by molar-refractivity contribution is 0.0317. The zero-order valence-electron chi connectivity index (χ0n) is 14.3. The average Bonchev–Trinajstić information content (AvgIpc) is 3.04. The van der Waals surface area contributed by atoms with Gasteiger partial charge in [-0.1, -0.05) is 18.9 Å². The van der Waals surface area contributed by atoms with Gasteiger partial charge in [0.1, 0.15) is 18.5 Å². The summed E-state index contributed by atoms with van der Waals surface area (Å²) in [7, 11) is 2.00. The van der Waals surface area contributed by atoms with E-state index in [0.29, 0.717) is 12.5 Å². The van der Waals surface area contributed by atoms with Gasteiger partial charge in [0.2, 0.25) is 0 Å². The van der Waals surface area contributed by atoms with Gasteiger partial charge in [0.15, 0.2) is 0 Å². The highest BCUT2D eigenvalue weighted by atomic mass is 16.5. The molecule has 24 heavy (non-hydrogen) atoms. The maximum absolute atomic E-state index is 10.3. The monoisotopic (exact) mass is 332 g/mol. The molecular weight excluding hydrogens is 304 g/mol. The first-order valence-corrected chi connectivity index (χ1v) is 8.87. The van der Waals surface area contributed by atoms with Crippen LogP contribution in [0.2, 0.25) is 0 Å². The molecule has 3 atom stereocenters. The van der Waals surface area contributed by atoms with Crippen LogP contribution in [-0.4, -0.2) is 59.0 Å². The van der Waals surface area contributed by atoms with Crippen molar-refractivity contribution in [1.29, 1.82) is 0 Å². The van der Waals surface area contributed by atoms with Crippen molar-refractivity contribution in [3.05, 3.63) is 30.5 Å². The molecule has 3 N–H and O–H groups in total. The molecule has 1 aliphatic carbocycles. The van der Waals surface area contributed by atoms with Gasteiger partial charge >= 0.3 is 0 Å². The second-order valence-corrected chi connectivity index (χ2v) is 6.99. The summed E-state index contributed by atoms with van der Waals surface area (Å²) in [6.45, 7) is 1.64. The zero-order chi connectivity index (χ0) is 16.9. The third-order valence-electron chi connectivity index (χ3n) is 4.92. The van der Waals surface area contributed by atoms with E-state index in [9.17, 15) is 10.2 Å². The number of aromatic nitrogens is 1. The number of benzene rings is 1. The first-order chi connectivity index (χ1) is 11.6. The number of aromatic amines is 1. The van der Waals surface area contributed by atoms with Crippen LogP contribution < -0.4 is 4.74 Å². The summed E-state index contributed by atoms with van der Waals surface area (Å²) in [6, 6.07) is 7.84.